The van der Waals surface area contributed by atoms with Crippen LogP contribution in [0.1, 0.15) is 11.1 Å². The van der Waals surface area contributed by atoms with Gasteiger partial charge in [0.05, 0.1) is 4.90 Å². The molecule has 2 rings (SSSR count). The second kappa shape index (κ2) is 6.34. The average molecular weight is 316 g/mol. The fraction of sp³-hybridized carbons (Fsp3) is 0.538. The van der Waals surface area contributed by atoms with Crippen molar-refractivity contribution in [3.8, 4) is 0 Å². The van der Waals surface area contributed by atoms with E-state index in [4.69, 9.17) is 0 Å². The lowest BCUT2D eigenvalue weighted by molar-refractivity contribution is 0.438. The second-order valence-corrected chi connectivity index (χ2v) is 8.50. The quantitative estimate of drug-likeness (QED) is 0.877. The molecule has 1 aromatic carbocycles. The van der Waals surface area contributed by atoms with Crippen molar-refractivity contribution in [3.05, 3.63) is 29.3 Å². The minimum atomic E-state index is -3.47. The standard InChI is InChI=1S/C13H20N2O3S2/c1-11-3-4-13(9-12(11)10-14-2)20(17,18)15-5-7-19(16)8-6-15/h3-4,9,14H,5-8,10H2,1-2H3. The number of hydrogen-bond donors (Lipinski definition) is 1. The van der Waals surface area contributed by atoms with Crippen LogP contribution in [0.5, 0.6) is 0 Å². The molecule has 0 amide bonds. The molecule has 20 heavy (non-hydrogen) atoms. The van der Waals surface area contributed by atoms with Crippen molar-refractivity contribution in [2.75, 3.05) is 31.6 Å². The van der Waals surface area contributed by atoms with Gasteiger partial charge in [-0.15, -0.1) is 0 Å². The number of benzene rings is 1. The third-order valence-electron chi connectivity index (χ3n) is 3.46. The minimum Gasteiger partial charge on any atom is -0.316 e. The van der Waals surface area contributed by atoms with Gasteiger partial charge < -0.3 is 5.32 Å². The number of nitrogens with one attached hydrogen (secondary N) is 1. The molecule has 1 N–H and O–H groups in total. The zero-order valence-electron chi connectivity index (χ0n) is 11.8. The summed E-state index contributed by atoms with van der Waals surface area (Å²) in [5.74, 6) is 0.850. The van der Waals surface area contributed by atoms with Gasteiger partial charge in [-0.05, 0) is 37.2 Å². The Bertz CT molecular complexity index is 604. The van der Waals surface area contributed by atoms with Gasteiger partial charge in [0.25, 0.3) is 0 Å². The van der Waals surface area contributed by atoms with E-state index in [0.29, 0.717) is 36.0 Å². The molecule has 0 aromatic heterocycles. The second-order valence-electron chi connectivity index (χ2n) is 4.87. The van der Waals surface area contributed by atoms with E-state index in [2.05, 4.69) is 5.32 Å². The first-order valence-electron chi connectivity index (χ1n) is 6.54. The van der Waals surface area contributed by atoms with E-state index in [1.165, 1.54) is 4.31 Å². The van der Waals surface area contributed by atoms with Crippen LogP contribution in [0.2, 0.25) is 0 Å². The van der Waals surface area contributed by atoms with E-state index in [0.717, 1.165) is 11.1 Å². The SMILES string of the molecule is CNCc1cc(S(=O)(=O)N2CCS(=O)CC2)ccc1C. The maximum absolute atomic E-state index is 12.6. The maximum Gasteiger partial charge on any atom is 0.243 e. The third kappa shape index (κ3) is 3.28. The smallest absolute Gasteiger partial charge is 0.243 e. The summed E-state index contributed by atoms with van der Waals surface area (Å²) in [4.78, 5) is 0.320. The number of nitrogens with zero attached hydrogens (tertiary/aromatic N) is 1. The van der Waals surface area contributed by atoms with E-state index in [9.17, 15) is 12.6 Å². The molecule has 1 aliphatic rings. The summed E-state index contributed by atoms with van der Waals surface area (Å²) >= 11 is 0. The molecule has 0 atom stereocenters. The number of hydrogen-bond acceptors (Lipinski definition) is 4. The Kier molecular flexibility index (Phi) is 4.95. The molecular weight excluding hydrogens is 296 g/mol. The summed E-state index contributed by atoms with van der Waals surface area (Å²) in [6, 6.07) is 5.21. The highest BCUT2D eigenvalue weighted by molar-refractivity contribution is 7.89. The lowest BCUT2D eigenvalue weighted by atomic mass is 10.1. The van der Waals surface area contributed by atoms with Crippen LogP contribution in [-0.4, -0.2) is 48.6 Å². The van der Waals surface area contributed by atoms with Crippen molar-refractivity contribution in [2.24, 2.45) is 0 Å². The molecule has 0 bridgehead atoms. The van der Waals surface area contributed by atoms with E-state index in [1.54, 1.807) is 12.1 Å². The van der Waals surface area contributed by atoms with Crippen molar-refractivity contribution in [2.45, 2.75) is 18.4 Å². The zero-order chi connectivity index (χ0) is 14.8. The fourth-order valence-electron chi connectivity index (χ4n) is 2.20. The van der Waals surface area contributed by atoms with Crippen molar-refractivity contribution in [3.63, 3.8) is 0 Å². The highest BCUT2D eigenvalue weighted by Gasteiger charge is 2.28. The summed E-state index contributed by atoms with van der Waals surface area (Å²) in [5, 5.41) is 3.04. The van der Waals surface area contributed by atoms with Crippen LogP contribution in [0.3, 0.4) is 0 Å². The predicted molar refractivity (Wildman–Crippen MR) is 80.6 cm³/mol. The van der Waals surface area contributed by atoms with Crippen LogP contribution in [0.4, 0.5) is 0 Å². The normalized spacial score (nSPS) is 18.3. The van der Waals surface area contributed by atoms with Gasteiger partial charge in [0, 0.05) is 41.9 Å². The molecule has 112 valence electrons. The van der Waals surface area contributed by atoms with Gasteiger partial charge in [0.1, 0.15) is 0 Å². The van der Waals surface area contributed by atoms with Crippen LogP contribution < -0.4 is 5.32 Å². The number of sulfonamides is 1. The van der Waals surface area contributed by atoms with Crippen LogP contribution in [0.25, 0.3) is 0 Å². The third-order valence-corrected chi connectivity index (χ3v) is 6.63. The molecule has 1 aliphatic heterocycles. The van der Waals surface area contributed by atoms with Gasteiger partial charge in [-0.2, -0.15) is 4.31 Å². The maximum atomic E-state index is 12.6. The number of rotatable bonds is 4. The Balaban J connectivity index is 2.29. The minimum absolute atomic E-state index is 0.320. The molecule has 7 heteroatoms. The molecule has 1 fully saturated rings. The van der Waals surface area contributed by atoms with E-state index < -0.39 is 20.8 Å². The molecule has 0 unspecified atom stereocenters. The molecule has 0 saturated carbocycles. The van der Waals surface area contributed by atoms with Gasteiger partial charge in [0.2, 0.25) is 10.0 Å². The summed E-state index contributed by atoms with van der Waals surface area (Å²) in [6.45, 7) is 3.28. The van der Waals surface area contributed by atoms with Crippen LogP contribution in [0.15, 0.2) is 23.1 Å². The Morgan fingerprint density at radius 3 is 2.55 bits per heavy atom. The van der Waals surface area contributed by atoms with Crippen molar-refractivity contribution in [1.82, 2.24) is 9.62 Å². The largest absolute Gasteiger partial charge is 0.316 e. The van der Waals surface area contributed by atoms with E-state index in [-0.39, 0.29) is 0 Å². The van der Waals surface area contributed by atoms with Crippen molar-refractivity contribution < 1.29 is 12.6 Å². The van der Waals surface area contributed by atoms with Crippen molar-refractivity contribution >= 4 is 20.8 Å². The summed E-state index contributed by atoms with van der Waals surface area (Å²) in [7, 11) is -2.52. The Morgan fingerprint density at radius 2 is 1.95 bits per heavy atom. The van der Waals surface area contributed by atoms with E-state index in [1.807, 2.05) is 20.0 Å². The molecule has 0 radical (unpaired) electrons. The first-order valence-corrected chi connectivity index (χ1v) is 9.47. The van der Waals surface area contributed by atoms with Crippen LogP contribution in [-0.2, 0) is 27.4 Å². The zero-order valence-corrected chi connectivity index (χ0v) is 13.4. The fourth-order valence-corrected chi connectivity index (χ4v) is 4.98. The first-order chi connectivity index (χ1) is 9.45. The highest BCUT2D eigenvalue weighted by atomic mass is 32.2. The molecule has 0 spiro atoms. The molecule has 1 aromatic rings. The molecule has 5 nitrogen and oxygen atoms in total. The topological polar surface area (TPSA) is 66.5 Å². The molecule has 1 heterocycles. The average Bonchev–Trinajstić information content (AvgIpc) is 2.42. The lowest BCUT2D eigenvalue weighted by Crippen LogP contribution is -2.41. The molecule has 1 saturated heterocycles. The summed E-state index contributed by atoms with van der Waals surface area (Å²) < 4.78 is 37.9. The molecular formula is C13H20N2O3S2. The Hall–Kier alpha value is -0.760. The monoisotopic (exact) mass is 316 g/mol. The summed E-state index contributed by atoms with van der Waals surface area (Å²) in [5.41, 5.74) is 2.05. The van der Waals surface area contributed by atoms with Gasteiger partial charge in [-0.3, -0.25) is 4.21 Å². The predicted octanol–water partition coefficient (Wildman–Crippen LogP) is 0.467. The summed E-state index contributed by atoms with van der Waals surface area (Å²) in [6.07, 6.45) is 0. The lowest BCUT2D eigenvalue weighted by Gasteiger charge is -2.25. The number of aryl methyl sites for hydroxylation is 1. The highest BCUT2D eigenvalue weighted by Crippen LogP contribution is 2.20. The molecule has 0 aliphatic carbocycles. The van der Waals surface area contributed by atoms with Crippen LogP contribution >= 0.6 is 0 Å². The van der Waals surface area contributed by atoms with Gasteiger partial charge in [-0.25, -0.2) is 8.42 Å². The first kappa shape index (κ1) is 15.6. The Labute approximate surface area is 122 Å². The van der Waals surface area contributed by atoms with Gasteiger partial charge in [-0.1, -0.05) is 6.07 Å². The van der Waals surface area contributed by atoms with Gasteiger partial charge >= 0.3 is 0 Å². The van der Waals surface area contributed by atoms with Crippen LogP contribution in [0, 0.1) is 6.92 Å². The van der Waals surface area contributed by atoms with Crippen molar-refractivity contribution in [1.29, 1.82) is 0 Å². The Morgan fingerprint density at radius 1 is 1.30 bits per heavy atom. The van der Waals surface area contributed by atoms with Gasteiger partial charge in [0.15, 0.2) is 0 Å². The van der Waals surface area contributed by atoms with E-state index >= 15 is 0 Å².